The molecule has 254 valence electrons. The zero-order chi connectivity index (χ0) is 35.0. The molecule has 0 bridgehead atoms. The van der Waals surface area contributed by atoms with Gasteiger partial charge in [-0.1, -0.05) is 72.3 Å². The summed E-state index contributed by atoms with van der Waals surface area (Å²) in [6, 6.07) is 28.2. The predicted octanol–water partition coefficient (Wildman–Crippen LogP) is 9.44. The van der Waals surface area contributed by atoms with Gasteiger partial charge in [-0.3, -0.25) is 9.88 Å². The monoisotopic (exact) mass is 673 g/mol. The molecule has 2 aromatic heterocycles. The van der Waals surface area contributed by atoms with Crippen molar-refractivity contribution < 1.29 is 36.6 Å². The van der Waals surface area contributed by atoms with Crippen LogP contribution in [0.4, 0.5) is 28.2 Å². The Labute approximate surface area is 282 Å². The number of hydrogen-bond acceptors (Lipinski definition) is 6. The van der Waals surface area contributed by atoms with Crippen LogP contribution in [0.15, 0.2) is 116 Å². The molecule has 11 heteroatoms. The van der Waals surface area contributed by atoms with Gasteiger partial charge in [0, 0.05) is 24.5 Å². The lowest BCUT2D eigenvalue weighted by atomic mass is 9.86. The Morgan fingerprint density at radius 3 is 2.12 bits per heavy atom. The Hall–Kier alpha value is -5.45. The molecule has 5 rings (SSSR count). The second-order valence-electron chi connectivity index (χ2n) is 11.8. The third-order valence-corrected chi connectivity index (χ3v) is 8.06. The number of ether oxygens (including phenoxy) is 3. The number of aromatic nitrogens is 2. The molecule has 0 aliphatic heterocycles. The summed E-state index contributed by atoms with van der Waals surface area (Å²) in [5.41, 5.74) is 3.84. The second-order valence-corrected chi connectivity index (χ2v) is 11.8. The number of benzene rings is 3. The fourth-order valence-corrected chi connectivity index (χ4v) is 5.59. The molecule has 0 saturated carbocycles. The van der Waals surface area contributed by atoms with Gasteiger partial charge in [-0.05, 0) is 85.3 Å². The SMILES string of the molecule is Cc1cccc(C(C)(C)N(C(=O)OCc2ccccc2)c2ccc(C(Cc3ccncc3)c3ccc(OC(F)F)c(OC(F)F)c3)cn2)c1. The molecular formula is C38H35F4N3O4. The summed E-state index contributed by atoms with van der Waals surface area (Å²) in [4.78, 5) is 24.1. The number of hydrogen-bond donors (Lipinski definition) is 0. The van der Waals surface area contributed by atoms with Crippen LogP contribution in [0.3, 0.4) is 0 Å². The maximum absolute atomic E-state index is 13.9. The Morgan fingerprint density at radius 1 is 0.776 bits per heavy atom. The summed E-state index contributed by atoms with van der Waals surface area (Å²) in [5, 5.41) is 0. The van der Waals surface area contributed by atoms with Gasteiger partial charge in [0.1, 0.15) is 12.4 Å². The molecule has 1 unspecified atom stereocenters. The highest BCUT2D eigenvalue weighted by Crippen LogP contribution is 2.38. The summed E-state index contributed by atoms with van der Waals surface area (Å²) >= 11 is 0. The minimum absolute atomic E-state index is 0.0560. The molecule has 0 radical (unpaired) electrons. The Kier molecular flexibility index (Phi) is 11.1. The van der Waals surface area contributed by atoms with Crippen LogP contribution >= 0.6 is 0 Å². The highest BCUT2D eigenvalue weighted by atomic mass is 19.3. The van der Waals surface area contributed by atoms with E-state index in [1.54, 1.807) is 30.7 Å². The number of carbonyl (C=O) groups excluding carboxylic acids is 1. The third kappa shape index (κ3) is 8.92. The summed E-state index contributed by atoms with van der Waals surface area (Å²) in [6.07, 6.45) is 4.63. The highest BCUT2D eigenvalue weighted by Gasteiger charge is 2.36. The van der Waals surface area contributed by atoms with E-state index < -0.39 is 42.3 Å². The van der Waals surface area contributed by atoms with Crippen molar-refractivity contribution in [3.05, 3.63) is 149 Å². The standard InChI is InChI=1S/C38H35F4N3O4/c1-25-8-7-11-30(20-25)38(2,3)45(37(46)47-24-27-9-5-4-6-10-27)34-15-13-29(23-44-34)31(21-26-16-18-43-19-17-26)28-12-14-32(48-35(39)40)33(22-28)49-36(41)42/h4-20,22-23,31,35-36H,21,24H2,1-3H3. The van der Waals surface area contributed by atoms with Gasteiger partial charge in [0.25, 0.3) is 0 Å². The fourth-order valence-electron chi connectivity index (χ4n) is 5.59. The second kappa shape index (κ2) is 15.6. The van der Waals surface area contributed by atoms with Crippen LogP contribution in [0, 0.1) is 6.92 Å². The molecular weight excluding hydrogens is 638 g/mol. The van der Waals surface area contributed by atoms with E-state index in [2.05, 4.69) is 14.5 Å². The van der Waals surface area contributed by atoms with E-state index in [1.165, 1.54) is 23.1 Å². The lowest BCUT2D eigenvalue weighted by Crippen LogP contribution is -2.46. The van der Waals surface area contributed by atoms with E-state index in [4.69, 9.17) is 9.72 Å². The minimum atomic E-state index is -3.26. The number of nitrogens with zero attached hydrogens (tertiary/aromatic N) is 3. The molecule has 2 heterocycles. The minimum Gasteiger partial charge on any atom is -0.444 e. The molecule has 0 aliphatic carbocycles. The van der Waals surface area contributed by atoms with Gasteiger partial charge in [-0.2, -0.15) is 17.6 Å². The first-order chi connectivity index (χ1) is 23.5. The highest BCUT2D eigenvalue weighted by molar-refractivity contribution is 5.88. The average molecular weight is 674 g/mol. The van der Waals surface area contributed by atoms with Gasteiger partial charge in [0.2, 0.25) is 0 Å². The molecule has 1 amide bonds. The van der Waals surface area contributed by atoms with Gasteiger partial charge in [0.05, 0.1) is 5.54 Å². The summed E-state index contributed by atoms with van der Waals surface area (Å²) in [6.45, 7) is -0.666. The van der Waals surface area contributed by atoms with E-state index in [-0.39, 0.29) is 6.61 Å². The lowest BCUT2D eigenvalue weighted by Gasteiger charge is -2.37. The molecule has 0 spiro atoms. The summed E-state index contributed by atoms with van der Waals surface area (Å²) in [5.74, 6) is -1.21. The summed E-state index contributed by atoms with van der Waals surface area (Å²) < 4.78 is 67.5. The molecule has 0 fully saturated rings. The van der Waals surface area contributed by atoms with Crippen LogP contribution in [-0.4, -0.2) is 29.3 Å². The van der Waals surface area contributed by atoms with E-state index in [0.29, 0.717) is 23.4 Å². The molecule has 1 atom stereocenters. The van der Waals surface area contributed by atoms with Crippen molar-refractivity contribution in [2.24, 2.45) is 0 Å². The number of anilines is 1. The molecule has 0 N–H and O–H groups in total. The van der Waals surface area contributed by atoms with E-state index in [9.17, 15) is 22.4 Å². The maximum atomic E-state index is 13.9. The van der Waals surface area contributed by atoms with Crippen molar-refractivity contribution >= 4 is 11.9 Å². The first-order valence-corrected chi connectivity index (χ1v) is 15.5. The average Bonchev–Trinajstić information content (AvgIpc) is 3.08. The van der Waals surface area contributed by atoms with Gasteiger partial charge < -0.3 is 14.2 Å². The van der Waals surface area contributed by atoms with Crippen LogP contribution in [0.5, 0.6) is 11.5 Å². The van der Waals surface area contributed by atoms with Crippen LogP contribution in [-0.2, 0) is 23.3 Å². The predicted molar refractivity (Wildman–Crippen MR) is 177 cm³/mol. The Bertz CT molecular complexity index is 1820. The van der Waals surface area contributed by atoms with Crippen LogP contribution in [0.2, 0.25) is 0 Å². The van der Waals surface area contributed by atoms with Crippen molar-refractivity contribution in [1.82, 2.24) is 9.97 Å². The van der Waals surface area contributed by atoms with Crippen LogP contribution < -0.4 is 14.4 Å². The Morgan fingerprint density at radius 2 is 1.47 bits per heavy atom. The largest absolute Gasteiger partial charge is 0.444 e. The van der Waals surface area contributed by atoms with Gasteiger partial charge in [-0.15, -0.1) is 0 Å². The normalized spacial score (nSPS) is 12.1. The number of carbonyl (C=O) groups is 1. The topological polar surface area (TPSA) is 73.8 Å². The van der Waals surface area contributed by atoms with E-state index in [0.717, 1.165) is 22.3 Å². The van der Waals surface area contributed by atoms with E-state index >= 15 is 0 Å². The van der Waals surface area contributed by atoms with Crippen LogP contribution in [0.25, 0.3) is 0 Å². The number of rotatable bonds is 13. The van der Waals surface area contributed by atoms with E-state index in [1.807, 2.05) is 87.5 Å². The zero-order valence-corrected chi connectivity index (χ0v) is 27.1. The number of aryl methyl sites for hydroxylation is 1. The number of alkyl halides is 4. The zero-order valence-electron chi connectivity index (χ0n) is 27.1. The third-order valence-electron chi connectivity index (χ3n) is 8.06. The molecule has 5 aromatic rings. The maximum Gasteiger partial charge on any atom is 0.416 e. The van der Waals surface area contributed by atoms with Gasteiger partial charge in [-0.25, -0.2) is 9.78 Å². The smallest absolute Gasteiger partial charge is 0.416 e. The molecule has 3 aromatic carbocycles. The first kappa shape index (κ1) is 34.9. The van der Waals surface area contributed by atoms with Crippen molar-refractivity contribution in [3.63, 3.8) is 0 Å². The molecule has 7 nitrogen and oxygen atoms in total. The van der Waals surface area contributed by atoms with Gasteiger partial charge >= 0.3 is 19.3 Å². The lowest BCUT2D eigenvalue weighted by molar-refractivity contribution is -0.0692. The molecule has 49 heavy (non-hydrogen) atoms. The summed E-state index contributed by atoms with van der Waals surface area (Å²) in [7, 11) is 0. The first-order valence-electron chi connectivity index (χ1n) is 15.5. The quantitative estimate of drug-likeness (QED) is 0.116. The molecule has 0 aliphatic rings. The number of pyridine rings is 2. The van der Waals surface area contributed by atoms with Crippen molar-refractivity contribution in [2.45, 2.75) is 58.5 Å². The van der Waals surface area contributed by atoms with Crippen molar-refractivity contribution in [1.29, 1.82) is 0 Å². The van der Waals surface area contributed by atoms with Crippen molar-refractivity contribution in [2.75, 3.05) is 4.90 Å². The Balaban J connectivity index is 1.54. The number of halogens is 4. The molecule has 0 saturated heterocycles. The van der Waals surface area contributed by atoms with Crippen molar-refractivity contribution in [3.8, 4) is 11.5 Å². The number of amides is 1. The fraction of sp³-hybridized carbons (Fsp3) is 0.237. The van der Waals surface area contributed by atoms with Gasteiger partial charge in [0.15, 0.2) is 11.5 Å². The van der Waals surface area contributed by atoms with Crippen LogP contribution in [0.1, 0.15) is 53.1 Å².